The van der Waals surface area contributed by atoms with Gasteiger partial charge in [-0.05, 0) is 17.5 Å². The van der Waals surface area contributed by atoms with Crippen LogP contribution in [0, 0.1) is 5.41 Å². The van der Waals surface area contributed by atoms with Crippen molar-refractivity contribution in [3.05, 3.63) is 65.9 Å². The average Bonchev–Trinajstić information content (AvgIpc) is 2.69. The Kier molecular flexibility index (Phi) is 4.84. The lowest BCUT2D eigenvalue weighted by molar-refractivity contribution is -0.117. The van der Waals surface area contributed by atoms with Crippen LogP contribution < -0.4 is 5.43 Å². The maximum atomic E-state index is 12.4. The first-order valence-electron chi connectivity index (χ1n) is 9.49. The second kappa shape index (κ2) is 7.47. The number of Topliss-reactive ketones (excluding diaryl/α,β-unsaturated/α-hetero) is 1. The summed E-state index contributed by atoms with van der Waals surface area (Å²) in [4.78, 5) is 21.6. The third-order valence-electron chi connectivity index (χ3n) is 4.90. The molecule has 6 nitrogen and oxygen atoms in total. The fraction of sp³-hybridized carbons (Fsp3) is 0.217. The molecular formula is C23H22N4O2. The van der Waals surface area contributed by atoms with E-state index in [1.165, 1.54) is 6.21 Å². The Morgan fingerprint density at radius 3 is 2.52 bits per heavy atom. The van der Waals surface area contributed by atoms with E-state index >= 15 is 0 Å². The number of nitrogens with one attached hydrogen (secondary N) is 1. The molecule has 0 amide bonds. The van der Waals surface area contributed by atoms with Crippen molar-refractivity contribution in [3.8, 4) is 11.4 Å². The molecule has 0 unspecified atom stereocenters. The molecular weight excluding hydrogens is 364 g/mol. The highest BCUT2D eigenvalue weighted by Crippen LogP contribution is 2.35. The molecule has 1 heterocycles. The fourth-order valence-corrected chi connectivity index (χ4v) is 3.48. The monoisotopic (exact) mass is 386 g/mol. The predicted octanol–water partition coefficient (Wildman–Crippen LogP) is 4.90. The van der Waals surface area contributed by atoms with Gasteiger partial charge in [0.15, 0.2) is 17.4 Å². The minimum Gasteiger partial charge on any atom is -0.511 e. The minimum atomic E-state index is -0.237. The zero-order valence-electron chi connectivity index (χ0n) is 16.4. The molecule has 0 fully saturated rings. The molecule has 0 radical (unpaired) electrons. The first-order chi connectivity index (χ1) is 13.9. The van der Waals surface area contributed by atoms with Crippen molar-refractivity contribution in [1.82, 2.24) is 9.97 Å². The second-order valence-corrected chi connectivity index (χ2v) is 7.95. The summed E-state index contributed by atoms with van der Waals surface area (Å²) in [6, 6.07) is 17.4. The van der Waals surface area contributed by atoms with Gasteiger partial charge in [-0.15, -0.1) is 0 Å². The lowest BCUT2D eigenvalue weighted by atomic mass is 9.77. The van der Waals surface area contributed by atoms with Crippen LogP contribution in [-0.4, -0.2) is 27.1 Å². The molecule has 2 N–H and O–H groups in total. The Morgan fingerprint density at radius 2 is 1.76 bits per heavy atom. The standard InChI is InChI=1S/C23H22N4O2/c1-23(2)12-19(28)17(20(29)13-23)14-24-27-22-16-10-6-7-11-18(16)25-21(26-22)15-8-4-3-5-9-15/h3-11,14,28H,12-13H2,1-2H3,(H,25,26,27)/b24-14+. The lowest BCUT2D eigenvalue weighted by Crippen LogP contribution is -2.26. The summed E-state index contributed by atoms with van der Waals surface area (Å²) < 4.78 is 0. The van der Waals surface area contributed by atoms with Crippen molar-refractivity contribution in [2.45, 2.75) is 26.7 Å². The number of hydrogen-bond donors (Lipinski definition) is 2. The first kappa shape index (κ1) is 18.8. The Labute approximate surface area is 169 Å². The summed E-state index contributed by atoms with van der Waals surface area (Å²) in [5.74, 6) is 1.09. The number of ketones is 1. The number of hydrogen-bond acceptors (Lipinski definition) is 6. The van der Waals surface area contributed by atoms with Crippen LogP contribution in [0.2, 0.25) is 0 Å². The summed E-state index contributed by atoms with van der Waals surface area (Å²) in [5.41, 5.74) is 4.63. The van der Waals surface area contributed by atoms with Gasteiger partial charge in [0, 0.05) is 23.8 Å². The number of benzene rings is 2. The van der Waals surface area contributed by atoms with E-state index in [0.29, 0.717) is 24.5 Å². The van der Waals surface area contributed by atoms with E-state index in [-0.39, 0.29) is 22.5 Å². The van der Waals surface area contributed by atoms with Crippen LogP contribution in [0.3, 0.4) is 0 Å². The van der Waals surface area contributed by atoms with Crippen LogP contribution in [-0.2, 0) is 4.79 Å². The number of nitrogens with zero attached hydrogens (tertiary/aromatic N) is 3. The highest BCUT2D eigenvalue weighted by atomic mass is 16.3. The second-order valence-electron chi connectivity index (χ2n) is 7.95. The number of carbonyl (C=O) groups excluding carboxylic acids is 1. The number of hydrazone groups is 1. The number of rotatable bonds is 4. The number of aromatic nitrogens is 2. The first-order valence-corrected chi connectivity index (χ1v) is 9.49. The van der Waals surface area contributed by atoms with Crippen molar-refractivity contribution in [2.75, 3.05) is 5.43 Å². The van der Waals surface area contributed by atoms with Crippen molar-refractivity contribution in [3.63, 3.8) is 0 Å². The summed E-state index contributed by atoms with van der Waals surface area (Å²) in [5, 5.41) is 15.3. The Bertz CT molecular complexity index is 1130. The smallest absolute Gasteiger partial charge is 0.168 e. The quantitative estimate of drug-likeness (QED) is 0.492. The van der Waals surface area contributed by atoms with E-state index in [9.17, 15) is 9.90 Å². The molecule has 3 aromatic rings. The molecule has 4 rings (SSSR count). The van der Waals surface area contributed by atoms with E-state index in [1.807, 2.05) is 68.4 Å². The molecule has 0 aliphatic heterocycles. The molecule has 1 aliphatic carbocycles. The van der Waals surface area contributed by atoms with Crippen LogP contribution in [0.4, 0.5) is 5.82 Å². The van der Waals surface area contributed by atoms with Gasteiger partial charge in [0.2, 0.25) is 0 Å². The van der Waals surface area contributed by atoms with Gasteiger partial charge in [0.25, 0.3) is 0 Å². The van der Waals surface area contributed by atoms with Crippen LogP contribution >= 0.6 is 0 Å². The third kappa shape index (κ3) is 4.01. The molecule has 1 aromatic heterocycles. The van der Waals surface area contributed by atoms with Crippen LogP contribution in [0.1, 0.15) is 26.7 Å². The molecule has 146 valence electrons. The number of aliphatic hydroxyl groups is 1. The Hall–Kier alpha value is -3.54. The number of carbonyl (C=O) groups is 1. The third-order valence-corrected chi connectivity index (χ3v) is 4.90. The van der Waals surface area contributed by atoms with Gasteiger partial charge in [-0.1, -0.05) is 56.3 Å². The summed E-state index contributed by atoms with van der Waals surface area (Å²) in [6.07, 6.45) is 2.22. The van der Waals surface area contributed by atoms with Gasteiger partial charge < -0.3 is 5.11 Å². The van der Waals surface area contributed by atoms with Gasteiger partial charge in [0.1, 0.15) is 5.76 Å². The topological polar surface area (TPSA) is 87.5 Å². The summed E-state index contributed by atoms with van der Waals surface area (Å²) in [6.45, 7) is 3.93. The van der Waals surface area contributed by atoms with Gasteiger partial charge in [-0.2, -0.15) is 5.10 Å². The van der Waals surface area contributed by atoms with Crippen molar-refractivity contribution in [2.24, 2.45) is 10.5 Å². The molecule has 2 aromatic carbocycles. The normalized spacial score (nSPS) is 16.6. The molecule has 0 spiro atoms. The summed E-state index contributed by atoms with van der Waals surface area (Å²) >= 11 is 0. The molecule has 1 aliphatic rings. The number of aliphatic hydroxyl groups excluding tert-OH is 1. The zero-order valence-corrected chi connectivity index (χ0v) is 16.4. The molecule has 0 bridgehead atoms. The van der Waals surface area contributed by atoms with Gasteiger partial charge in [0.05, 0.1) is 17.3 Å². The van der Waals surface area contributed by atoms with E-state index in [4.69, 9.17) is 0 Å². The number of fused-ring (bicyclic) bond motifs is 1. The highest BCUT2D eigenvalue weighted by Gasteiger charge is 2.32. The van der Waals surface area contributed by atoms with Crippen molar-refractivity contribution < 1.29 is 9.90 Å². The van der Waals surface area contributed by atoms with E-state index in [1.54, 1.807) is 0 Å². The Morgan fingerprint density at radius 1 is 1.03 bits per heavy atom. The van der Waals surface area contributed by atoms with Gasteiger partial charge in [-0.3, -0.25) is 10.2 Å². The van der Waals surface area contributed by atoms with E-state index < -0.39 is 0 Å². The largest absolute Gasteiger partial charge is 0.511 e. The number of anilines is 1. The number of allylic oxidation sites excluding steroid dienone is 2. The minimum absolute atomic E-state index is 0.0781. The molecule has 0 saturated carbocycles. The molecule has 6 heteroatoms. The molecule has 0 saturated heterocycles. The zero-order chi connectivity index (χ0) is 20.4. The Balaban J connectivity index is 1.67. The maximum Gasteiger partial charge on any atom is 0.168 e. The lowest BCUT2D eigenvalue weighted by Gasteiger charge is -2.28. The van der Waals surface area contributed by atoms with Gasteiger partial charge >= 0.3 is 0 Å². The molecule has 0 atom stereocenters. The average molecular weight is 386 g/mol. The van der Waals surface area contributed by atoms with Crippen molar-refractivity contribution in [1.29, 1.82) is 0 Å². The predicted molar refractivity (Wildman–Crippen MR) is 115 cm³/mol. The van der Waals surface area contributed by atoms with Gasteiger partial charge in [-0.25, -0.2) is 9.97 Å². The van der Waals surface area contributed by atoms with E-state index in [0.717, 1.165) is 16.5 Å². The summed E-state index contributed by atoms with van der Waals surface area (Å²) in [7, 11) is 0. The highest BCUT2D eigenvalue weighted by molar-refractivity contribution is 6.14. The van der Waals surface area contributed by atoms with E-state index in [2.05, 4.69) is 20.5 Å². The SMILES string of the molecule is CC1(C)CC(=O)C(/C=N/Nc2nc(-c3ccccc3)nc3ccccc23)=C(O)C1. The van der Waals surface area contributed by atoms with Crippen LogP contribution in [0.15, 0.2) is 71.0 Å². The van der Waals surface area contributed by atoms with Crippen LogP contribution in [0.5, 0.6) is 0 Å². The molecule has 29 heavy (non-hydrogen) atoms. The number of para-hydroxylation sites is 1. The van der Waals surface area contributed by atoms with Crippen molar-refractivity contribution >= 4 is 28.7 Å². The van der Waals surface area contributed by atoms with Crippen LogP contribution in [0.25, 0.3) is 22.3 Å². The fourth-order valence-electron chi connectivity index (χ4n) is 3.48. The maximum absolute atomic E-state index is 12.4.